The molecule has 9 heteroatoms. The van der Waals surface area contributed by atoms with Gasteiger partial charge in [0, 0.05) is 16.6 Å². The first-order valence-electron chi connectivity index (χ1n) is 12.0. The summed E-state index contributed by atoms with van der Waals surface area (Å²) in [5.74, 6) is -3.25. The molecule has 2 aliphatic rings. The first-order chi connectivity index (χ1) is 14.8. The number of aliphatic hydroxyl groups is 3. The fourth-order valence-electron chi connectivity index (χ4n) is 6.40. The molecule has 3 N–H and O–H groups in total. The van der Waals surface area contributed by atoms with E-state index in [2.05, 4.69) is 0 Å². The topological polar surface area (TPSA) is 123 Å². The molecule has 0 spiro atoms. The van der Waals surface area contributed by atoms with Gasteiger partial charge in [0.15, 0.2) is 5.41 Å². The summed E-state index contributed by atoms with van der Waals surface area (Å²) in [6.07, 6.45) is -1.22. The molecule has 2 rings (SSSR count). The highest BCUT2D eigenvalue weighted by molar-refractivity contribution is 5.80. The molecule has 0 aromatic heterocycles. The number of ether oxygens (including phenoxy) is 1. The third-order valence-corrected chi connectivity index (χ3v) is 7.59. The van der Waals surface area contributed by atoms with Gasteiger partial charge in [-0.15, -0.1) is 10.3 Å². The van der Waals surface area contributed by atoms with Gasteiger partial charge in [-0.25, -0.2) is 0 Å². The normalized spacial score (nSPS) is 35.2. The Kier molecular flexibility index (Phi) is 7.49. The third kappa shape index (κ3) is 4.24. The van der Waals surface area contributed by atoms with E-state index in [0.717, 1.165) is 5.06 Å². The summed E-state index contributed by atoms with van der Waals surface area (Å²) in [6, 6.07) is 0. The van der Waals surface area contributed by atoms with Crippen LogP contribution in [0.25, 0.3) is 0 Å². The molecule has 0 aromatic rings. The minimum Gasteiger partial charge on any atom is -0.465 e. The SMILES string of the molecule is CCOC(=O)C1(C(O)CC)CC(C)(C)N([O])C(C)(C)C1(O)ON1C(C)(C)CC(O)CC1(C)C. The van der Waals surface area contributed by atoms with Gasteiger partial charge in [0.2, 0.25) is 5.79 Å². The Hall–Kier alpha value is -0.810. The molecule has 2 fully saturated rings. The number of rotatable bonds is 6. The lowest BCUT2D eigenvalue weighted by molar-refractivity contribution is -0.494. The molecule has 33 heavy (non-hydrogen) atoms. The van der Waals surface area contributed by atoms with Gasteiger partial charge in [-0.3, -0.25) is 9.63 Å². The Bertz CT molecular complexity index is 720. The molecular weight excluding hydrogens is 428 g/mol. The van der Waals surface area contributed by atoms with E-state index >= 15 is 0 Å². The Morgan fingerprint density at radius 3 is 1.91 bits per heavy atom. The summed E-state index contributed by atoms with van der Waals surface area (Å²) in [6.45, 7) is 17.3. The summed E-state index contributed by atoms with van der Waals surface area (Å²) in [4.78, 5) is 20.1. The predicted octanol–water partition coefficient (Wildman–Crippen LogP) is 2.55. The van der Waals surface area contributed by atoms with Crippen molar-refractivity contribution < 1.29 is 34.9 Å². The molecule has 3 atom stereocenters. The van der Waals surface area contributed by atoms with Crippen molar-refractivity contribution in [3.8, 4) is 0 Å². The standard InChI is InChI=1S/C24H45N2O7/c1-11-17(28)23(18(29)32-12-2)15-21(7,8)25(31)22(9,10)24(23,30)33-26-19(3,4)13-16(27)14-20(26,5)6/h16-17,27-28,30H,11-15H2,1-10H3. The van der Waals surface area contributed by atoms with Crippen LogP contribution in [0, 0.1) is 5.41 Å². The second kappa shape index (κ2) is 8.69. The number of aliphatic hydroxyl groups excluding tert-OH is 2. The smallest absolute Gasteiger partial charge is 0.320 e. The third-order valence-electron chi connectivity index (χ3n) is 7.59. The number of hydroxylamine groups is 4. The molecule has 2 saturated heterocycles. The predicted molar refractivity (Wildman–Crippen MR) is 122 cm³/mol. The van der Waals surface area contributed by atoms with E-state index in [1.807, 2.05) is 27.7 Å². The average Bonchev–Trinajstić information content (AvgIpc) is 2.65. The van der Waals surface area contributed by atoms with Crippen molar-refractivity contribution in [1.82, 2.24) is 10.1 Å². The molecular formula is C24H45N2O7. The molecule has 9 nitrogen and oxygen atoms in total. The van der Waals surface area contributed by atoms with Crippen LogP contribution in [0.3, 0.4) is 0 Å². The van der Waals surface area contributed by atoms with Gasteiger partial charge >= 0.3 is 5.97 Å². The lowest BCUT2D eigenvalue weighted by Crippen LogP contribution is -2.83. The maximum absolute atomic E-state index is 13.6. The molecule has 193 valence electrons. The van der Waals surface area contributed by atoms with Crippen LogP contribution >= 0.6 is 0 Å². The molecule has 2 aliphatic heterocycles. The average molecular weight is 474 g/mol. The van der Waals surface area contributed by atoms with Crippen LogP contribution in [0.5, 0.6) is 0 Å². The first kappa shape index (κ1) is 28.4. The van der Waals surface area contributed by atoms with Crippen LogP contribution in [-0.2, 0) is 19.6 Å². The Morgan fingerprint density at radius 1 is 1.00 bits per heavy atom. The summed E-state index contributed by atoms with van der Waals surface area (Å²) in [7, 11) is 0. The quantitative estimate of drug-likeness (QED) is 0.397. The van der Waals surface area contributed by atoms with Crippen LogP contribution < -0.4 is 0 Å². The van der Waals surface area contributed by atoms with Gasteiger partial charge < -0.3 is 20.1 Å². The second-order valence-electron chi connectivity index (χ2n) is 12.2. The minimum atomic E-state index is -2.45. The van der Waals surface area contributed by atoms with Crippen molar-refractivity contribution in [3.63, 3.8) is 0 Å². The zero-order chi connectivity index (χ0) is 25.8. The van der Waals surface area contributed by atoms with Crippen molar-refractivity contribution >= 4 is 5.97 Å². The molecule has 3 unspecified atom stereocenters. The lowest BCUT2D eigenvalue weighted by atomic mass is 9.57. The fraction of sp³-hybridized carbons (Fsp3) is 0.958. The number of piperidine rings is 2. The lowest BCUT2D eigenvalue weighted by Gasteiger charge is -2.66. The number of nitrogens with zero attached hydrogens (tertiary/aromatic N) is 2. The Labute approximate surface area is 198 Å². The second-order valence-corrected chi connectivity index (χ2v) is 12.2. The molecule has 0 amide bonds. The largest absolute Gasteiger partial charge is 0.465 e. The van der Waals surface area contributed by atoms with Gasteiger partial charge in [0.05, 0.1) is 18.8 Å². The molecule has 0 bridgehead atoms. The van der Waals surface area contributed by atoms with Crippen molar-refractivity contribution in [2.24, 2.45) is 5.41 Å². The monoisotopic (exact) mass is 473 g/mol. The van der Waals surface area contributed by atoms with Crippen LogP contribution in [0.4, 0.5) is 0 Å². The van der Waals surface area contributed by atoms with E-state index in [1.54, 1.807) is 32.8 Å². The first-order valence-corrected chi connectivity index (χ1v) is 12.0. The molecule has 0 saturated carbocycles. The highest BCUT2D eigenvalue weighted by Gasteiger charge is 2.77. The summed E-state index contributed by atoms with van der Waals surface area (Å²) in [5, 5.41) is 50.2. The fourth-order valence-corrected chi connectivity index (χ4v) is 6.40. The van der Waals surface area contributed by atoms with E-state index in [1.165, 1.54) is 13.8 Å². The van der Waals surface area contributed by atoms with E-state index < -0.39 is 51.5 Å². The van der Waals surface area contributed by atoms with Gasteiger partial charge in [-0.2, -0.15) is 5.06 Å². The summed E-state index contributed by atoms with van der Waals surface area (Å²) < 4.78 is 5.42. The van der Waals surface area contributed by atoms with Gasteiger partial charge in [0.25, 0.3) is 0 Å². The molecule has 1 radical (unpaired) electrons. The van der Waals surface area contributed by atoms with E-state index in [-0.39, 0.29) is 19.4 Å². The van der Waals surface area contributed by atoms with Crippen molar-refractivity contribution in [1.29, 1.82) is 0 Å². The summed E-state index contributed by atoms with van der Waals surface area (Å²) in [5.41, 5.74) is -6.19. The number of carbonyl (C=O) groups excluding carboxylic acids is 1. The number of hydrogen-bond donors (Lipinski definition) is 3. The van der Waals surface area contributed by atoms with Gasteiger partial charge in [-0.1, -0.05) is 6.92 Å². The summed E-state index contributed by atoms with van der Waals surface area (Å²) >= 11 is 0. The maximum Gasteiger partial charge on any atom is 0.320 e. The zero-order valence-corrected chi connectivity index (χ0v) is 22.1. The number of esters is 1. The molecule has 0 aliphatic carbocycles. The van der Waals surface area contributed by atoms with Crippen LogP contribution in [0.2, 0.25) is 0 Å². The van der Waals surface area contributed by atoms with Crippen LogP contribution in [-0.4, -0.2) is 78.2 Å². The Balaban J connectivity index is 2.82. The van der Waals surface area contributed by atoms with Crippen molar-refractivity contribution in [3.05, 3.63) is 0 Å². The van der Waals surface area contributed by atoms with E-state index in [4.69, 9.17) is 9.57 Å². The van der Waals surface area contributed by atoms with E-state index in [9.17, 15) is 25.3 Å². The van der Waals surface area contributed by atoms with E-state index in [0.29, 0.717) is 12.8 Å². The number of hydrogen-bond acceptors (Lipinski definition) is 8. The zero-order valence-electron chi connectivity index (χ0n) is 22.1. The molecule has 2 heterocycles. The highest BCUT2D eigenvalue weighted by Crippen LogP contribution is 2.59. The Morgan fingerprint density at radius 2 is 1.48 bits per heavy atom. The van der Waals surface area contributed by atoms with Crippen molar-refractivity contribution in [2.75, 3.05) is 6.61 Å². The van der Waals surface area contributed by atoms with Gasteiger partial charge in [-0.05, 0) is 88.0 Å². The number of carbonyl (C=O) groups is 1. The maximum atomic E-state index is 13.6. The molecule has 0 aromatic carbocycles. The van der Waals surface area contributed by atoms with Crippen LogP contribution in [0.1, 0.15) is 94.9 Å². The van der Waals surface area contributed by atoms with Gasteiger partial charge in [0.1, 0.15) is 5.54 Å². The highest BCUT2D eigenvalue weighted by atomic mass is 16.8. The van der Waals surface area contributed by atoms with Crippen LogP contribution in [0.15, 0.2) is 0 Å². The van der Waals surface area contributed by atoms with Crippen molar-refractivity contribution in [2.45, 2.75) is 135 Å². The minimum absolute atomic E-state index is 0.0436.